The van der Waals surface area contributed by atoms with Crippen LogP contribution in [-0.2, 0) is 9.53 Å². The Balaban J connectivity index is 1.37. The van der Waals surface area contributed by atoms with Crippen LogP contribution in [0.2, 0.25) is 0 Å². The molecule has 0 bridgehead atoms. The van der Waals surface area contributed by atoms with E-state index in [1.54, 1.807) is 24.6 Å². The van der Waals surface area contributed by atoms with Crippen molar-refractivity contribution in [2.75, 3.05) is 33.5 Å². The molecule has 0 atom stereocenters. The topological polar surface area (TPSA) is 96.0 Å². The first-order chi connectivity index (χ1) is 15.6. The maximum Gasteiger partial charge on any atom is 0.358 e. The van der Waals surface area contributed by atoms with Crippen LogP contribution in [0, 0.1) is 0 Å². The van der Waals surface area contributed by atoms with Crippen molar-refractivity contribution in [2.24, 2.45) is 0 Å². The van der Waals surface area contributed by atoms with Crippen molar-refractivity contribution in [3.63, 3.8) is 0 Å². The van der Waals surface area contributed by atoms with Gasteiger partial charge in [0.25, 0.3) is 5.91 Å². The van der Waals surface area contributed by atoms with Gasteiger partial charge in [0, 0.05) is 10.9 Å². The summed E-state index contributed by atoms with van der Waals surface area (Å²) in [5.41, 5.74) is 1.02. The Morgan fingerprint density at radius 1 is 0.969 bits per heavy atom. The lowest BCUT2D eigenvalue weighted by molar-refractivity contribution is -0.124. The second-order valence-corrected chi connectivity index (χ2v) is 7.30. The van der Waals surface area contributed by atoms with Crippen LogP contribution in [0.3, 0.4) is 0 Å². The molecule has 32 heavy (non-hydrogen) atoms. The van der Waals surface area contributed by atoms with Gasteiger partial charge in [-0.2, -0.15) is 0 Å². The number of esters is 1. The first kappa shape index (κ1) is 23.1. The standard InChI is InChI=1S/C23H24N2O6S/c1-3-29-18-8-10-19(11-9-18)30-13-12-24-21(26)14-31-23(27)20-15-32-22(25-20)16-4-6-17(28-2)7-5-16/h4-11,15H,3,12-14H2,1-2H3,(H,24,26). The summed E-state index contributed by atoms with van der Waals surface area (Å²) < 4.78 is 21.1. The molecule has 0 aliphatic heterocycles. The lowest BCUT2D eigenvalue weighted by Gasteiger charge is -2.09. The number of nitrogens with one attached hydrogen (secondary N) is 1. The van der Waals surface area contributed by atoms with Gasteiger partial charge in [-0.15, -0.1) is 11.3 Å². The van der Waals surface area contributed by atoms with E-state index < -0.39 is 18.5 Å². The minimum absolute atomic E-state index is 0.160. The molecule has 8 nitrogen and oxygen atoms in total. The van der Waals surface area contributed by atoms with Gasteiger partial charge in [0.1, 0.15) is 28.9 Å². The Kier molecular flexibility index (Phi) is 8.44. The molecular formula is C23H24N2O6S. The monoisotopic (exact) mass is 456 g/mol. The van der Waals surface area contributed by atoms with Crippen molar-refractivity contribution in [3.05, 3.63) is 59.6 Å². The van der Waals surface area contributed by atoms with Crippen molar-refractivity contribution in [2.45, 2.75) is 6.92 Å². The van der Waals surface area contributed by atoms with Crippen LogP contribution in [0.25, 0.3) is 10.6 Å². The molecule has 0 saturated heterocycles. The van der Waals surface area contributed by atoms with Gasteiger partial charge in [-0.3, -0.25) is 4.79 Å². The van der Waals surface area contributed by atoms with Gasteiger partial charge in [0.2, 0.25) is 0 Å². The first-order valence-electron chi connectivity index (χ1n) is 9.98. The van der Waals surface area contributed by atoms with E-state index in [2.05, 4.69) is 10.3 Å². The van der Waals surface area contributed by atoms with E-state index in [0.717, 1.165) is 17.1 Å². The number of methoxy groups -OCH3 is 1. The summed E-state index contributed by atoms with van der Waals surface area (Å²) >= 11 is 1.32. The van der Waals surface area contributed by atoms with E-state index in [9.17, 15) is 9.59 Å². The van der Waals surface area contributed by atoms with Crippen molar-refractivity contribution >= 4 is 23.2 Å². The number of rotatable bonds is 11. The molecule has 0 aliphatic rings. The number of thiazole rings is 1. The number of benzene rings is 2. The number of carbonyl (C=O) groups is 2. The average molecular weight is 457 g/mol. The SMILES string of the molecule is CCOc1ccc(OCCNC(=O)COC(=O)c2csc(-c3ccc(OC)cc3)n2)cc1. The molecule has 0 saturated carbocycles. The highest BCUT2D eigenvalue weighted by Gasteiger charge is 2.15. The van der Waals surface area contributed by atoms with E-state index >= 15 is 0 Å². The molecule has 1 N–H and O–H groups in total. The lowest BCUT2D eigenvalue weighted by atomic mass is 10.2. The maximum absolute atomic E-state index is 12.2. The fourth-order valence-electron chi connectivity index (χ4n) is 2.65. The lowest BCUT2D eigenvalue weighted by Crippen LogP contribution is -2.32. The summed E-state index contributed by atoms with van der Waals surface area (Å²) in [7, 11) is 1.59. The average Bonchev–Trinajstić information content (AvgIpc) is 3.32. The van der Waals surface area contributed by atoms with Gasteiger partial charge >= 0.3 is 5.97 Å². The van der Waals surface area contributed by atoms with Gasteiger partial charge in [0.05, 0.1) is 20.3 Å². The quantitative estimate of drug-likeness (QED) is 0.348. The Morgan fingerprint density at radius 3 is 2.28 bits per heavy atom. The highest BCUT2D eigenvalue weighted by Crippen LogP contribution is 2.26. The molecule has 0 aliphatic carbocycles. The predicted octanol–water partition coefficient (Wildman–Crippen LogP) is 3.57. The zero-order valence-corrected chi connectivity index (χ0v) is 18.6. The normalized spacial score (nSPS) is 10.3. The molecule has 1 aromatic heterocycles. The highest BCUT2D eigenvalue weighted by atomic mass is 32.1. The van der Waals surface area contributed by atoms with Crippen LogP contribution in [0.15, 0.2) is 53.9 Å². The molecule has 3 aromatic rings. The number of hydrogen-bond acceptors (Lipinski definition) is 8. The van der Waals surface area contributed by atoms with E-state index in [-0.39, 0.29) is 18.8 Å². The smallest absolute Gasteiger partial charge is 0.358 e. The number of aromatic nitrogens is 1. The number of nitrogens with zero attached hydrogens (tertiary/aromatic N) is 1. The summed E-state index contributed by atoms with van der Waals surface area (Å²) in [5, 5.41) is 4.92. The van der Waals surface area contributed by atoms with Crippen molar-refractivity contribution in [1.82, 2.24) is 10.3 Å². The number of amides is 1. The molecule has 0 spiro atoms. The number of carbonyl (C=O) groups excluding carboxylic acids is 2. The Hall–Kier alpha value is -3.59. The predicted molar refractivity (Wildman–Crippen MR) is 121 cm³/mol. The Bertz CT molecular complexity index is 1020. The first-order valence-corrected chi connectivity index (χ1v) is 10.9. The van der Waals surface area contributed by atoms with Gasteiger partial charge in [0.15, 0.2) is 12.3 Å². The van der Waals surface area contributed by atoms with Crippen molar-refractivity contribution in [1.29, 1.82) is 0 Å². The summed E-state index contributed by atoms with van der Waals surface area (Å²) in [6.07, 6.45) is 0. The number of ether oxygens (including phenoxy) is 4. The van der Waals surface area contributed by atoms with E-state index in [1.165, 1.54) is 11.3 Å². The molecule has 0 fully saturated rings. The second-order valence-electron chi connectivity index (χ2n) is 6.45. The minimum atomic E-state index is -0.651. The molecule has 3 rings (SSSR count). The van der Waals surface area contributed by atoms with Crippen LogP contribution >= 0.6 is 11.3 Å². The number of hydrogen-bond donors (Lipinski definition) is 1. The zero-order valence-electron chi connectivity index (χ0n) is 17.8. The zero-order chi connectivity index (χ0) is 22.8. The van der Waals surface area contributed by atoms with Gasteiger partial charge < -0.3 is 24.3 Å². The maximum atomic E-state index is 12.2. The van der Waals surface area contributed by atoms with Crippen molar-refractivity contribution < 1.29 is 28.5 Å². The summed E-state index contributed by atoms with van der Waals surface area (Å²) in [6.45, 7) is 2.69. The van der Waals surface area contributed by atoms with Crippen LogP contribution in [-0.4, -0.2) is 50.3 Å². The van der Waals surface area contributed by atoms with Gasteiger partial charge in [-0.25, -0.2) is 9.78 Å². The minimum Gasteiger partial charge on any atom is -0.497 e. The summed E-state index contributed by atoms with van der Waals surface area (Å²) in [6, 6.07) is 14.6. The van der Waals surface area contributed by atoms with E-state index in [0.29, 0.717) is 17.4 Å². The van der Waals surface area contributed by atoms with E-state index in [1.807, 2.05) is 43.3 Å². The fraction of sp³-hybridized carbons (Fsp3) is 0.261. The van der Waals surface area contributed by atoms with E-state index in [4.69, 9.17) is 18.9 Å². The third-order valence-electron chi connectivity index (χ3n) is 4.21. The van der Waals surface area contributed by atoms with Crippen LogP contribution in [0.1, 0.15) is 17.4 Å². The molecule has 0 unspecified atom stereocenters. The molecule has 168 valence electrons. The molecular weight excluding hydrogens is 432 g/mol. The Morgan fingerprint density at radius 2 is 1.62 bits per heavy atom. The highest BCUT2D eigenvalue weighted by molar-refractivity contribution is 7.13. The second kappa shape index (κ2) is 11.7. The van der Waals surface area contributed by atoms with Gasteiger partial charge in [-0.1, -0.05) is 0 Å². The summed E-state index contributed by atoms with van der Waals surface area (Å²) in [5.74, 6) is 1.11. The van der Waals surface area contributed by atoms with Crippen molar-refractivity contribution in [3.8, 4) is 27.8 Å². The summed E-state index contributed by atoms with van der Waals surface area (Å²) in [4.78, 5) is 28.4. The molecule has 9 heteroatoms. The van der Waals surface area contributed by atoms with Crippen LogP contribution < -0.4 is 19.5 Å². The molecule has 1 heterocycles. The Labute approximate surface area is 190 Å². The fourth-order valence-corrected chi connectivity index (χ4v) is 3.44. The van der Waals surface area contributed by atoms with Crippen LogP contribution in [0.4, 0.5) is 0 Å². The largest absolute Gasteiger partial charge is 0.497 e. The molecule has 0 radical (unpaired) electrons. The third-order valence-corrected chi connectivity index (χ3v) is 5.10. The molecule has 2 aromatic carbocycles. The van der Waals surface area contributed by atoms with Crippen LogP contribution in [0.5, 0.6) is 17.2 Å². The molecule has 1 amide bonds. The third kappa shape index (κ3) is 6.71. The van der Waals surface area contributed by atoms with Gasteiger partial charge in [-0.05, 0) is 55.5 Å².